The maximum Gasteiger partial charge on any atom is 0.355 e. The zero-order valence-corrected chi connectivity index (χ0v) is 14.8. The van der Waals surface area contributed by atoms with Gasteiger partial charge in [-0.15, -0.1) is 0 Å². The molecule has 2 aromatic rings. The second-order valence-corrected chi connectivity index (χ2v) is 5.76. The van der Waals surface area contributed by atoms with Crippen LogP contribution in [0, 0.1) is 10.1 Å². The number of nitrogens with zero attached hydrogens (tertiary/aromatic N) is 4. The molecular formula is C17H22N6O3. The Hall–Kier alpha value is -3.23. The van der Waals surface area contributed by atoms with Gasteiger partial charge in [0.15, 0.2) is 0 Å². The number of hydrogen-bond donors (Lipinski definition) is 2. The zero-order chi connectivity index (χ0) is 18.9. The summed E-state index contributed by atoms with van der Waals surface area (Å²) in [6.45, 7) is 2.67. The number of benzene rings is 1. The molecule has 0 spiro atoms. The van der Waals surface area contributed by atoms with Crippen LogP contribution in [-0.4, -0.2) is 34.4 Å². The molecule has 0 saturated heterocycles. The minimum Gasteiger partial charge on any atom is -0.354 e. The van der Waals surface area contributed by atoms with Gasteiger partial charge in [-0.05, 0) is 12.0 Å². The van der Waals surface area contributed by atoms with Crippen molar-refractivity contribution in [3.05, 3.63) is 52.3 Å². The average molecular weight is 358 g/mol. The van der Waals surface area contributed by atoms with Gasteiger partial charge in [-0.2, -0.15) is 0 Å². The standard InChI is InChI=1S/C17H22N6O3/c1-3-4-10-22(2)17-15(23(25)26)16(18-12-19-17)21-20-14(24)11-13-8-6-5-7-9-13/h5-9,12H,3-4,10-11H2,1-2H3,(H,20,24)(H,18,19,21). The third-order valence-corrected chi connectivity index (χ3v) is 3.72. The summed E-state index contributed by atoms with van der Waals surface area (Å²) in [5.74, 6) is -0.173. The van der Waals surface area contributed by atoms with Gasteiger partial charge in [0.05, 0.1) is 11.3 Å². The van der Waals surface area contributed by atoms with Crippen LogP contribution in [0.2, 0.25) is 0 Å². The van der Waals surface area contributed by atoms with Gasteiger partial charge in [0.25, 0.3) is 0 Å². The highest BCUT2D eigenvalue weighted by atomic mass is 16.6. The highest BCUT2D eigenvalue weighted by Crippen LogP contribution is 2.30. The van der Waals surface area contributed by atoms with Crippen LogP contribution < -0.4 is 15.8 Å². The van der Waals surface area contributed by atoms with E-state index in [2.05, 4.69) is 20.8 Å². The van der Waals surface area contributed by atoms with Gasteiger partial charge in [-0.25, -0.2) is 9.97 Å². The lowest BCUT2D eigenvalue weighted by Gasteiger charge is -2.18. The van der Waals surface area contributed by atoms with Crippen LogP contribution in [0.3, 0.4) is 0 Å². The fourth-order valence-corrected chi connectivity index (χ4v) is 2.36. The van der Waals surface area contributed by atoms with Gasteiger partial charge >= 0.3 is 5.69 Å². The van der Waals surface area contributed by atoms with E-state index in [1.807, 2.05) is 37.3 Å². The van der Waals surface area contributed by atoms with Crippen molar-refractivity contribution in [1.82, 2.24) is 15.4 Å². The van der Waals surface area contributed by atoms with E-state index in [9.17, 15) is 14.9 Å². The minimum absolute atomic E-state index is 0.0511. The van der Waals surface area contributed by atoms with E-state index in [0.717, 1.165) is 18.4 Å². The lowest BCUT2D eigenvalue weighted by molar-refractivity contribution is -0.383. The third kappa shape index (κ3) is 5.13. The van der Waals surface area contributed by atoms with Gasteiger partial charge in [-0.1, -0.05) is 43.7 Å². The Morgan fingerprint density at radius 1 is 1.27 bits per heavy atom. The van der Waals surface area contributed by atoms with Crippen molar-refractivity contribution in [2.45, 2.75) is 26.2 Å². The van der Waals surface area contributed by atoms with Crippen molar-refractivity contribution in [1.29, 1.82) is 0 Å². The van der Waals surface area contributed by atoms with E-state index in [1.165, 1.54) is 6.33 Å². The Bertz CT molecular complexity index is 753. The molecule has 26 heavy (non-hydrogen) atoms. The first-order chi connectivity index (χ1) is 12.5. The highest BCUT2D eigenvalue weighted by Gasteiger charge is 2.25. The van der Waals surface area contributed by atoms with E-state index in [1.54, 1.807) is 11.9 Å². The normalized spacial score (nSPS) is 10.2. The summed E-state index contributed by atoms with van der Waals surface area (Å²) < 4.78 is 0. The van der Waals surface area contributed by atoms with E-state index >= 15 is 0 Å². The SMILES string of the molecule is CCCCN(C)c1ncnc(NNC(=O)Cc2ccccc2)c1[N+](=O)[O-]. The number of rotatable bonds is 9. The lowest BCUT2D eigenvalue weighted by atomic mass is 10.1. The first-order valence-electron chi connectivity index (χ1n) is 8.32. The highest BCUT2D eigenvalue weighted by molar-refractivity contribution is 5.81. The summed E-state index contributed by atoms with van der Waals surface area (Å²) in [6, 6.07) is 9.19. The van der Waals surface area contributed by atoms with E-state index in [0.29, 0.717) is 6.54 Å². The van der Waals surface area contributed by atoms with E-state index in [-0.39, 0.29) is 29.7 Å². The number of nitro groups is 1. The number of hydrazine groups is 1. The molecule has 0 radical (unpaired) electrons. The third-order valence-electron chi connectivity index (χ3n) is 3.72. The molecule has 1 amide bonds. The average Bonchev–Trinajstić information content (AvgIpc) is 2.64. The molecule has 9 nitrogen and oxygen atoms in total. The predicted octanol–water partition coefficient (Wildman–Crippen LogP) is 2.31. The molecule has 0 bridgehead atoms. The maximum atomic E-state index is 12.0. The molecule has 0 aliphatic rings. The second kappa shape index (κ2) is 9.30. The number of aromatic nitrogens is 2. The fraction of sp³-hybridized carbons (Fsp3) is 0.353. The molecule has 1 aromatic heterocycles. The molecule has 138 valence electrons. The van der Waals surface area contributed by atoms with Crippen LogP contribution in [0.4, 0.5) is 17.3 Å². The lowest BCUT2D eigenvalue weighted by Crippen LogP contribution is -2.32. The van der Waals surface area contributed by atoms with Gasteiger partial charge in [0, 0.05) is 13.6 Å². The van der Waals surface area contributed by atoms with Gasteiger partial charge in [0.2, 0.25) is 17.5 Å². The van der Waals surface area contributed by atoms with Crippen molar-refractivity contribution in [3.8, 4) is 0 Å². The molecule has 2 rings (SSSR count). The van der Waals surface area contributed by atoms with Crippen LogP contribution in [0.25, 0.3) is 0 Å². The Balaban J connectivity index is 2.10. The smallest absolute Gasteiger partial charge is 0.354 e. The van der Waals surface area contributed by atoms with Crippen LogP contribution in [0.15, 0.2) is 36.7 Å². The summed E-state index contributed by atoms with van der Waals surface area (Å²) in [5.41, 5.74) is 5.56. The van der Waals surface area contributed by atoms with Crippen molar-refractivity contribution < 1.29 is 9.72 Å². The number of unbranched alkanes of at least 4 members (excludes halogenated alkanes) is 1. The molecule has 9 heteroatoms. The molecule has 1 aromatic carbocycles. The van der Waals surface area contributed by atoms with Crippen molar-refractivity contribution in [2.75, 3.05) is 23.9 Å². The number of anilines is 2. The van der Waals surface area contributed by atoms with Gasteiger partial charge in [0.1, 0.15) is 6.33 Å². The van der Waals surface area contributed by atoms with Crippen molar-refractivity contribution in [2.24, 2.45) is 0 Å². The molecule has 0 atom stereocenters. The Kier molecular flexibility index (Phi) is 6.84. The monoisotopic (exact) mass is 358 g/mol. The van der Waals surface area contributed by atoms with E-state index in [4.69, 9.17) is 0 Å². The van der Waals surface area contributed by atoms with Crippen LogP contribution >= 0.6 is 0 Å². The van der Waals surface area contributed by atoms with Crippen LogP contribution in [-0.2, 0) is 11.2 Å². The zero-order valence-electron chi connectivity index (χ0n) is 14.8. The number of amides is 1. The minimum atomic E-state index is -0.552. The summed E-state index contributed by atoms with van der Waals surface area (Å²) in [4.78, 5) is 32.6. The Morgan fingerprint density at radius 3 is 2.65 bits per heavy atom. The van der Waals surface area contributed by atoms with Crippen molar-refractivity contribution in [3.63, 3.8) is 0 Å². The Labute approximate surface area is 151 Å². The van der Waals surface area contributed by atoms with Crippen LogP contribution in [0.5, 0.6) is 0 Å². The number of nitrogens with one attached hydrogen (secondary N) is 2. The van der Waals surface area contributed by atoms with Gasteiger partial charge in [-0.3, -0.25) is 25.8 Å². The second-order valence-electron chi connectivity index (χ2n) is 5.76. The molecule has 0 aliphatic heterocycles. The fourth-order valence-electron chi connectivity index (χ4n) is 2.36. The first kappa shape index (κ1) is 19.1. The molecule has 0 fully saturated rings. The quantitative estimate of drug-likeness (QED) is 0.522. The number of carbonyl (C=O) groups is 1. The summed E-state index contributed by atoms with van der Waals surface area (Å²) >= 11 is 0. The number of hydrogen-bond acceptors (Lipinski definition) is 7. The first-order valence-corrected chi connectivity index (χ1v) is 8.32. The number of carbonyl (C=O) groups excluding carboxylic acids is 1. The summed E-state index contributed by atoms with van der Waals surface area (Å²) in [7, 11) is 1.74. The van der Waals surface area contributed by atoms with Crippen molar-refractivity contribution >= 4 is 23.2 Å². The maximum absolute atomic E-state index is 12.0. The largest absolute Gasteiger partial charge is 0.355 e. The topological polar surface area (TPSA) is 113 Å². The molecule has 0 saturated carbocycles. The van der Waals surface area contributed by atoms with Gasteiger partial charge < -0.3 is 4.90 Å². The Morgan fingerprint density at radius 2 is 2.00 bits per heavy atom. The summed E-state index contributed by atoms with van der Waals surface area (Å²) in [5, 5.41) is 11.5. The predicted molar refractivity (Wildman–Crippen MR) is 98.8 cm³/mol. The molecule has 2 N–H and O–H groups in total. The summed E-state index contributed by atoms with van der Waals surface area (Å²) in [6.07, 6.45) is 3.23. The molecule has 0 unspecified atom stereocenters. The molecular weight excluding hydrogens is 336 g/mol. The molecule has 1 heterocycles. The van der Waals surface area contributed by atoms with E-state index < -0.39 is 4.92 Å². The molecule has 0 aliphatic carbocycles. The van der Waals surface area contributed by atoms with Crippen LogP contribution in [0.1, 0.15) is 25.3 Å².